The molecule has 106 valence electrons. The van der Waals surface area contributed by atoms with Crippen molar-refractivity contribution in [1.82, 2.24) is 9.88 Å². The highest BCUT2D eigenvalue weighted by molar-refractivity contribution is 7.91. The highest BCUT2D eigenvalue weighted by Crippen LogP contribution is 2.20. The minimum Gasteiger partial charge on any atom is -0.351 e. The highest BCUT2D eigenvalue weighted by atomic mass is 32.2. The SMILES string of the molecule is CN(C(=O)c1cc2ccccc2[nH]1)C1CCS(=O)(=O)C1. The zero-order valence-electron chi connectivity index (χ0n) is 11.2. The fourth-order valence-electron chi connectivity index (χ4n) is 2.63. The predicted molar refractivity (Wildman–Crippen MR) is 77.5 cm³/mol. The van der Waals surface area contributed by atoms with E-state index in [2.05, 4.69) is 4.98 Å². The van der Waals surface area contributed by atoms with E-state index >= 15 is 0 Å². The molecule has 2 aromatic rings. The van der Waals surface area contributed by atoms with Crippen LogP contribution >= 0.6 is 0 Å². The average Bonchev–Trinajstić information content (AvgIpc) is 3.00. The maximum atomic E-state index is 12.4. The molecule has 20 heavy (non-hydrogen) atoms. The quantitative estimate of drug-likeness (QED) is 0.910. The van der Waals surface area contributed by atoms with Crippen LogP contribution in [0.1, 0.15) is 16.9 Å². The van der Waals surface area contributed by atoms with Crippen molar-refractivity contribution in [2.45, 2.75) is 12.5 Å². The summed E-state index contributed by atoms with van der Waals surface area (Å²) >= 11 is 0. The van der Waals surface area contributed by atoms with Gasteiger partial charge in [-0.15, -0.1) is 0 Å². The van der Waals surface area contributed by atoms with Gasteiger partial charge in [0.1, 0.15) is 5.69 Å². The molecule has 0 aliphatic carbocycles. The summed E-state index contributed by atoms with van der Waals surface area (Å²) in [5.74, 6) is 0.0700. The number of rotatable bonds is 2. The number of amides is 1. The molecule has 1 aromatic heterocycles. The molecule has 1 fully saturated rings. The van der Waals surface area contributed by atoms with Crippen LogP contribution in [0.2, 0.25) is 0 Å². The molecule has 6 heteroatoms. The predicted octanol–water partition coefficient (Wildman–Crippen LogP) is 1.43. The summed E-state index contributed by atoms with van der Waals surface area (Å²) in [7, 11) is -1.32. The third kappa shape index (κ3) is 2.31. The Morgan fingerprint density at radius 2 is 2.10 bits per heavy atom. The van der Waals surface area contributed by atoms with E-state index < -0.39 is 9.84 Å². The molecule has 3 rings (SSSR count). The Bertz CT molecular complexity index is 731. The second-order valence-corrected chi connectivity index (χ2v) is 7.47. The van der Waals surface area contributed by atoms with Crippen LogP contribution in [0.3, 0.4) is 0 Å². The molecule has 2 heterocycles. The van der Waals surface area contributed by atoms with Crippen LogP contribution in [-0.4, -0.2) is 48.8 Å². The first kappa shape index (κ1) is 13.2. The van der Waals surface area contributed by atoms with E-state index in [1.54, 1.807) is 13.1 Å². The Balaban J connectivity index is 1.85. The van der Waals surface area contributed by atoms with Crippen LogP contribution in [0.25, 0.3) is 10.9 Å². The molecule has 1 saturated heterocycles. The lowest BCUT2D eigenvalue weighted by Gasteiger charge is -2.22. The number of nitrogens with one attached hydrogen (secondary N) is 1. The molecule has 0 spiro atoms. The van der Waals surface area contributed by atoms with Crippen molar-refractivity contribution < 1.29 is 13.2 Å². The maximum Gasteiger partial charge on any atom is 0.270 e. The van der Waals surface area contributed by atoms with Crippen LogP contribution in [0, 0.1) is 0 Å². The summed E-state index contributed by atoms with van der Waals surface area (Å²) < 4.78 is 23.0. The van der Waals surface area contributed by atoms with Crippen molar-refractivity contribution in [2.75, 3.05) is 18.6 Å². The van der Waals surface area contributed by atoms with Crippen molar-refractivity contribution in [3.63, 3.8) is 0 Å². The number of benzene rings is 1. The summed E-state index contributed by atoms with van der Waals surface area (Å²) in [4.78, 5) is 17.0. The van der Waals surface area contributed by atoms with Gasteiger partial charge in [0.25, 0.3) is 5.91 Å². The molecule has 1 unspecified atom stereocenters. The molecule has 1 N–H and O–H groups in total. The number of aromatic amines is 1. The summed E-state index contributed by atoms with van der Waals surface area (Å²) in [6.07, 6.45) is 0.519. The van der Waals surface area contributed by atoms with Gasteiger partial charge in [-0.25, -0.2) is 8.42 Å². The van der Waals surface area contributed by atoms with Crippen LogP contribution in [0.15, 0.2) is 30.3 Å². The van der Waals surface area contributed by atoms with Crippen molar-refractivity contribution >= 4 is 26.6 Å². The van der Waals surface area contributed by atoms with Gasteiger partial charge in [-0.05, 0) is 18.6 Å². The monoisotopic (exact) mass is 292 g/mol. The van der Waals surface area contributed by atoms with Crippen LogP contribution < -0.4 is 0 Å². The molecule has 5 nitrogen and oxygen atoms in total. The molecular formula is C14H16N2O3S. The minimum absolute atomic E-state index is 0.0649. The highest BCUT2D eigenvalue weighted by Gasteiger charge is 2.33. The van der Waals surface area contributed by atoms with E-state index in [1.807, 2.05) is 24.3 Å². The first-order chi connectivity index (χ1) is 9.46. The Labute approximate surface area is 117 Å². The number of H-pyrrole nitrogens is 1. The third-order valence-electron chi connectivity index (χ3n) is 3.84. The van der Waals surface area contributed by atoms with Crippen molar-refractivity contribution in [3.05, 3.63) is 36.0 Å². The first-order valence-corrected chi connectivity index (χ1v) is 8.34. The summed E-state index contributed by atoms with van der Waals surface area (Å²) in [6, 6.07) is 9.24. The Morgan fingerprint density at radius 3 is 2.75 bits per heavy atom. The summed E-state index contributed by atoms with van der Waals surface area (Å²) in [6.45, 7) is 0. The lowest BCUT2D eigenvalue weighted by Crippen LogP contribution is -2.37. The van der Waals surface area contributed by atoms with Gasteiger partial charge in [-0.3, -0.25) is 4.79 Å². The largest absolute Gasteiger partial charge is 0.351 e. The molecule has 0 saturated carbocycles. The van der Waals surface area contributed by atoms with E-state index in [1.165, 1.54) is 4.90 Å². The molecule has 1 aliphatic heterocycles. The van der Waals surface area contributed by atoms with Gasteiger partial charge in [-0.1, -0.05) is 18.2 Å². The van der Waals surface area contributed by atoms with Crippen LogP contribution in [0.5, 0.6) is 0 Å². The lowest BCUT2D eigenvalue weighted by atomic mass is 10.2. The van der Waals surface area contributed by atoms with Crippen molar-refractivity contribution in [1.29, 1.82) is 0 Å². The van der Waals surface area contributed by atoms with Crippen LogP contribution in [0.4, 0.5) is 0 Å². The van der Waals surface area contributed by atoms with E-state index in [0.29, 0.717) is 12.1 Å². The zero-order chi connectivity index (χ0) is 14.3. The summed E-state index contributed by atoms with van der Waals surface area (Å²) in [5.41, 5.74) is 1.40. The molecule has 0 radical (unpaired) electrons. The maximum absolute atomic E-state index is 12.4. The number of hydrogen-bond acceptors (Lipinski definition) is 3. The topological polar surface area (TPSA) is 70.2 Å². The molecule has 1 aromatic carbocycles. The fraction of sp³-hybridized carbons (Fsp3) is 0.357. The number of carbonyl (C=O) groups excluding carboxylic acids is 1. The second-order valence-electron chi connectivity index (χ2n) is 5.24. The van der Waals surface area contributed by atoms with Gasteiger partial charge >= 0.3 is 0 Å². The van der Waals surface area contributed by atoms with Gasteiger partial charge in [0.2, 0.25) is 0 Å². The normalized spacial score (nSPS) is 21.1. The smallest absolute Gasteiger partial charge is 0.270 e. The number of para-hydroxylation sites is 1. The number of aromatic nitrogens is 1. The Kier molecular flexibility index (Phi) is 3.05. The molecule has 0 bridgehead atoms. The first-order valence-electron chi connectivity index (χ1n) is 6.52. The molecule has 1 atom stereocenters. The Hall–Kier alpha value is -1.82. The standard InChI is InChI=1S/C14H16N2O3S/c1-16(11-6-7-20(18,19)9-11)14(17)13-8-10-4-2-3-5-12(10)15-13/h2-5,8,11,15H,6-7,9H2,1H3. The van der Waals surface area contributed by atoms with Gasteiger partial charge in [0.15, 0.2) is 9.84 Å². The van der Waals surface area contributed by atoms with Crippen molar-refractivity contribution in [3.8, 4) is 0 Å². The second kappa shape index (κ2) is 4.63. The Morgan fingerprint density at radius 1 is 1.35 bits per heavy atom. The third-order valence-corrected chi connectivity index (χ3v) is 5.59. The lowest BCUT2D eigenvalue weighted by molar-refractivity contribution is 0.0743. The van der Waals surface area contributed by atoms with Crippen molar-refractivity contribution in [2.24, 2.45) is 0 Å². The fourth-order valence-corrected chi connectivity index (χ4v) is 4.40. The number of fused-ring (bicyclic) bond motifs is 1. The van der Waals surface area contributed by atoms with E-state index in [9.17, 15) is 13.2 Å². The van der Waals surface area contributed by atoms with Gasteiger partial charge in [-0.2, -0.15) is 0 Å². The molecule has 1 amide bonds. The number of sulfone groups is 1. The number of nitrogens with zero attached hydrogens (tertiary/aromatic N) is 1. The van der Waals surface area contributed by atoms with E-state index in [4.69, 9.17) is 0 Å². The van der Waals surface area contributed by atoms with E-state index in [0.717, 1.165) is 10.9 Å². The van der Waals surface area contributed by atoms with Gasteiger partial charge in [0, 0.05) is 24.0 Å². The van der Waals surface area contributed by atoms with E-state index in [-0.39, 0.29) is 23.5 Å². The van der Waals surface area contributed by atoms with Gasteiger partial charge in [0.05, 0.1) is 11.5 Å². The average molecular weight is 292 g/mol. The zero-order valence-corrected chi connectivity index (χ0v) is 12.0. The molecular weight excluding hydrogens is 276 g/mol. The van der Waals surface area contributed by atoms with Crippen LogP contribution in [-0.2, 0) is 9.84 Å². The number of hydrogen-bond donors (Lipinski definition) is 1. The van der Waals surface area contributed by atoms with Gasteiger partial charge < -0.3 is 9.88 Å². The summed E-state index contributed by atoms with van der Waals surface area (Å²) in [5, 5.41) is 0.975. The minimum atomic E-state index is -2.98. The molecule has 1 aliphatic rings. The number of carbonyl (C=O) groups is 1.